The Kier molecular flexibility index (Phi) is 5.61. The number of amides is 1. The average Bonchev–Trinajstić information content (AvgIpc) is 3.40. The molecule has 1 aromatic carbocycles. The molecular weight excluding hydrogens is 377 g/mol. The molecule has 0 bridgehead atoms. The van der Waals surface area contributed by atoms with Gasteiger partial charge in [0.1, 0.15) is 0 Å². The molecular formula is C23H25F3N2O. The van der Waals surface area contributed by atoms with Crippen molar-refractivity contribution in [3.05, 3.63) is 65.0 Å². The van der Waals surface area contributed by atoms with E-state index in [0.29, 0.717) is 12.0 Å². The third-order valence-corrected chi connectivity index (χ3v) is 6.09. The third kappa shape index (κ3) is 4.46. The Labute approximate surface area is 168 Å². The molecule has 3 nitrogen and oxygen atoms in total. The Morgan fingerprint density at radius 1 is 1.03 bits per heavy atom. The number of carbonyl (C=O) groups excluding carboxylic acids is 1. The fourth-order valence-corrected chi connectivity index (χ4v) is 4.58. The molecule has 1 saturated carbocycles. The van der Waals surface area contributed by atoms with Crippen molar-refractivity contribution in [1.29, 1.82) is 0 Å². The van der Waals surface area contributed by atoms with Crippen molar-refractivity contribution in [2.75, 3.05) is 6.54 Å². The summed E-state index contributed by atoms with van der Waals surface area (Å²) < 4.78 is 38.7. The number of benzene rings is 1. The molecule has 2 aliphatic rings. The third-order valence-electron chi connectivity index (χ3n) is 6.09. The number of nitrogens with zero attached hydrogens (tertiary/aromatic N) is 2. The zero-order valence-corrected chi connectivity index (χ0v) is 16.3. The molecule has 2 heterocycles. The standard InChI is InChI=1S/C23H25F3N2O/c24-23(25,26)19-8-3-5-16(14-19)13-17-10-11-20(27-15-17)21-9-4-12-28(21)22(29)18-6-1-2-7-18/h3,5,8,10-11,14-15,18,21H,1-2,4,6-7,9,12-13H2. The minimum atomic E-state index is -4.34. The molecule has 2 fully saturated rings. The monoisotopic (exact) mass is 402 g/mol. The highest BCUT2D eigenvalue weighted by atomic mass is 19.4. The van der Waals surface area contributed by atoms with E-state index in [0.717, 1.165) is 62.4 Å². The molecule has 1 amide bonds. The number of carbonyl (C=O) groups is 1. The number of alkyl halides is 3. The summed E-state index contributed by atoms with van der Waals surface area (Å²) in [6, 6.07) is 9.26. The van der Waals surface area contributed by atoms with Crippen LogP contribution in [0.4, 0.5) is 13.2 Å². The van der Waals surface area contributed by atoms with Crippen LogP contribution in [0, 0.1) is 5.92 Å². The topological polar surface area (TPSA) is 33.2 Å². The second-order valence-corrected chi connectivity index (χ2v) is 8.14. The summed E-state index contributed by atoms with van der Waals surface area (Å²) in [5.74, 6) is 0.427. The molecule has 0 N–H and O–H groups in total. The lowest BCUT2D eigenvalue weighted by atomic mass is 10.0. The van der Waals surface area contributed by atoms with Gasteiger partial charge in [-0.2, -0.15) is 13.2 Å². The minimum absolute atomic E-state index is 0.0192. The van der Waals surface area contributed by atoms with Crippen molar-refractivity contribution in [1.82, 2.24) is 9.88 Å². The van der Waals surface area contributed by atoms with Crippen LogP contribution in [0.5, 0.6) is 0 Å². The van der Waals surface area contributed by atoms with Gasteiger partial charge >= 0.3 is 6.18 Å². The second-order valence-electron chi connectivity index (χ2n) is 8.14. The smallest absolute Gasteiger partial charge is 0.334 e. The number of likely N-dealkylation sites (tertiary alicyclic amines) is 1. The SMILES string of the molecule is O=C(C1CCCC1)N1CCCC1c1ccc(Cc2cccc(C(F)(F)F)c2)cn1. The summed E-state index contributed by atoms with van der Waals surface area (Å²) in [7, 11) is 0. The number of rotatable bonds is 4. The van der Waals surface area contributed by atoms with E-state index in [2.05, 4.69) is 4.98 Å². The fourth-order valence-electron chi connectivity index (χ4n) is 4.58. The second kappa shape index (κ2) is 8.17. The van der Waals surface area contributed by atoms with Crippen LogP contribution in [0.1, 0.15) is 67.0 Å². The fraction of sp³-hybridized carbons (Fsp3) is 0.478. The lowest BCUT2D eigenvalue weighted by Crippen LogP contribution is -2.35. The van der Waals surface area contributed by atoms with E-state index >= 15 is 0 Å². The van der Waals surface area contributed by atoms with Gasteiger partial charge < -0.3 is 4.90 Å². The molecule has 0 spiro atoms. The highest BCUT2D eigenvalue weighted by Crippen LogP contribution is 2.36. The summed E-state index contributed by atoms with van der Waals surface area (Å²) in [5.41, 5.74) is 1.71. The van der Waals surface area contributed by atoms with Crippen molar-refractivity contribution >= 4 is 5.91 Å². The first-order chi connectivity index (χ1) is 13.9. The van der Waals surface area contributed by atoms with Crippen molar-refractivity contribution in [2.24, 2.45) is 5.92 Å². The van der Waals surface area contributed by atoms with Gasteiger partial charge in [0.2, 0.25) is 5.91 Å². The average molecular weight is 402 g/mol. The molecule has 1 saturated heterocycles. The van der Waals surface area contributed by atoms with Crippen molar-refractivity contribution in [2.45, 2.75) is 57.2 Å². The highest BCUT2D eigenvalue weighted by molar-refractivity contribution is 5.79. The number of halogens is 3. The summed E-state index contributed by atoms with van der Waals surface area (Å²) in [5, 5.41) is 0. The molecule has 29 heavy (non-hydrogen) atoms. The largest absolute Gasteiger partial charge is 0.416 e. The van der Waals surface area contributed by atoms with E-state index in [1.165, 1.54) is 12.1 Å². The zero-order chi connectivity index (χ0) is 20.4. The molecule has 154 valence electrons. The van der Waals surface area contributed by atoms with Gasteiger partial charge in [0.25, 0.3) is 0 Å². The Morgan fingerprint density at radius 2 is 1.83 bits per heavy atom. The van der Waals surface area contributed by atoms with Crippen molar-refractivity contribution in [3.63, 3.8) is 0 Å². The van der Waals surface area contributed by atoms with Crippen LogP contribution in [0.2, 0.25) is 0 Å². The molecule has 1 aromatic heterocycles. The molecule has 1 atom stereocenters. The molecule has 1 aliphatic heterocycles. The van der Waals surface area contributed by atoms with Gasteiger partial charge in [-0.15, -0.1) is 0 Å². The first-order valence-corrected chi connectivity index (χ1v) is 10.3. The molecule has 1 unspecified atom stereocenters. The van der Waals surface area contributed by atoms with Crippen LogP contribution in [-0.2, 0) is 17.4 Å². The van der Waals surface area contributed by atoms with Gasteiger partial charge in [-0.1, -0.05) is 37.1 Å². The normalized spacial score (nSPS) is 20.4. The van der Waals surface area contributed by atoms with E-state index in [1.807, 2.05) is 17.0 Å². The van der Waals surface area contributed by atoms with E-state index < -0.39 is 11.7 Å². The van der Waals surface area contributed by atoms with Gasteiger partial charge in [0.05, 0.1) is 17.3 Å². The number of hydrogen-bond donors (Lipinski definition) is 0. The molecule has 2 aromatic rings. The van der Waals surface area contributed by atoms with E-state index in [-0.39, 0.29) is 17.9 Å². The quantitative estimate of drug-likeness (QED) is 0.672. The van der Waals surface area contributed by atoms with E-state index in [9.17, 15) is 18.0 Å². The summed E-state index contributed by atoms with van der Waals surface area (Å²) in [4.78, 5) is 19.4. The maximum atomic E-state index is 12.9. The van der Waals surface area contributed by atoms with Gasteiger partial charge in [0, 0.05) is 18.7 Å². The zero-order valence-electron chi connectivity index (χ0n) is 16.3. The van der Waals surface area contributed by atoms with E-state index in [4.69, 9.17) is 0 Å². The van der Waals surface area contributed by atoms with Gasteiger partial charge in [-0.3, -0.25) is 9.78 Å². The Morgan fingerprint density at radius 3 is 2.52 bits per heavy atom. The van der Waals surface area contributed by atoms with Gasteiger partial charge in [-0.05, 0) is 55.4 Å². The molecule has 4 rings (SSSR count). The number of pyridine rings is 1. The van der Waals surface area contributed by atoms with Crippen molar-refractivity contribution in [3.8, 4) is 0 Å². The molecule has 1 aliphatic carbocycles. The van der Waals surface area contributed by atoms with Crippen LogP contribution < -0.4 is 0 Å². The molecule has 0 radical (unpaired) electrons. The predicted molar refractivity (Wildman–Crippen MR) is 104 cm³/mol. The van der Waals surface area contributed by atoms with Gasteiger partial charge in [0.15, 0.2) is 0 Å². The summed E-state index contributed by atoms with van der Waals surface area (Å²) in [6.07, 6.45) is 3.94. The van der Waals surface area contributed by atoms with E-state index in [1.54, 1.807) is 12.3 Å². The maximum absolute atomic E-state index is 12.9. The van der Waals surface area contributed by atoms with Crippen LogP contribution >= 0.6 is 0 Å². The Bertz CT molecular complexity index is 857. The van der Waals surface area contributed by atoms with Crippen LogP contribution in [-0.4, -0.2) is 22.3 Å². The predicted octanol–water partition coefficient (Wildman–Crippen LogP) is 5.54. The first kappa shape index (κ1) is 19.9. The number of aromatic nitrogens is 1. The maximum Gasteiger partial charge on any atom is 0.416 e. The highest BCUT2D eigenvalue weighted by Gasteiger charge is 2.35. The Balaban J connectivity index is 1.46. The lowest BCUT2D eigenvalue weighted by molar-refractivity contribution is -0.138. The van der Waals surface area contributed by atoms with Crippen LogP contribution in [0.15, 0.2) is 42.6 Å². The lowest BCUT2D eigenvalue weighted by Gasteiger charge is -2.27. The minimum Gasteiger partial charge on any atom is -0.334 e. The number of hydrogen-bond acceptors (Lipinski definition) is 2. The summed E-state index contributed by atoms with van der Waals surface area (Å²) in [6.45, 7) is 0.785. The first-order valence-electron chi connectivity index (χ1n) is 10.3. The van der Waals surface area contributed by atoms with Crippen LogP contribution in [0.25, 0.3) is 0 Å². The van der Waals surface area contributed by atoms with Crippen LogP contribution in [0.3, 0.4) is 0 Å². The Hall–Kier alpha value is -2.37. The van der Waals surface area contributed by atoms with Crippen molar-refractivity contribution < 1.29 is 18.0 Å². The summed E-state index contributed by atoms with van der Waals surface area (Å²) >= 11 is 0. The van der Waals surface area contributed by atoms with Gasteiger partial charge in [-0.25, -0.2) is 0 Å². The molecule has 6 heteroatoms.